The lowest BCUT2D eigenvalue weighted by molar-refractivity contribution is -0.117. The summed E-state index contributed by atoms with van der Waals surface area (Å²) in [6, 6.07) is -0.475. The van der Waals surface area contributed by atoms with E-state index < -0.39 is 6.03 Å². The molecule has 0 radical (unpaired) electrons. The standard InChI is InChI=1S/C8H12N4O2S2/c1-2-10-8(14)12-5(13)4-15-6-3-11-7(9)16-6/h3H,2,4H2,1H3,(H2,9,11)(H2,10,12,13,14). The number of nitrogen functional groups attached to an aromatic ring is 1. The zero-order valence-corrected chi connectivity index (χ0v) is 10.3. The Morgan fingerprint density at radius 3 is 2.94 bits per heavy atom. The van der Waals surface area contributed by atoms with Gasteiger partial charge < -0.3 is 11.1 Å². The lowest BCUT2D eigenvalue weighted by Gasteiger charge is -2.03. The molecule has 0 aliphatic heterocycles. The molecule has 88 valence electrons. The van der Waals surface area contributed by atoms with Gasteiger partial charge in [0.05, 0.1) is 16.2 Å². The Hall–Kier alpha value is -1.28. The van der Waals surface area contributed by atoms with E-state index in [1.54, 1.807) is 13.1 Å². The van der Waals surface area contributed by atoms with Crippen LogP contribution in [0.1, 0.15) is 6.92 Å². The number of nitrogens with zero attached hydrogens (tertiary/aromatic N) is 1. The lowest BCUT2D eigenvalue weighted by Crippen LogP contribution is -2.40. The largest absolute Gasteiger partial charge is 0.375 e. The third-order valence-electron chi connectivity index (χ3n) is 1.44. The van der Waals surface area contributed by atoms with E-state index in [-0.39, 0.29) is 11.7 Å². The minimum Gasteiger partial charge on any atom is -0.375 e. The van der Waals surface area contributed by atoms with Crippen molar-refractivity contribution in [2.24, 2.45) is 0 Å². The van der Waals surface area contributed by atoms with Gasteiger partial charge in [-0.25, -0.2) is 9.78 Å². The van der Waals surface area contributed by atoms with Crippen LogP contribution in [0.5, 0.6) is 0 Å². The van der Waals surface area contributed by atoms with Gasteiger partial charge >= 0.3 is 6.03 Å². The van der Waals surface area contributed by atoms with Gasteiger partial charge in [0.25, 0.3) is 0 Å². The van der Waals surface area contributed by atoms with Gasteiger partial charge in [-0.05, 0) is 6.92 Å². The number of nitrogens with two attached hydrogens (primary N) is 1. The van der Waals surface area contributed by atoms with E-state index in [4.69, 9.17) is 5.73 Å². The topological polar surface area (TPSA) is 97.1 Å². The number of urea groups is 1. The summed E-state index contributed by atoms with van der Waals surface area (Å²) >= 11 is 2.60. The molecule has 0 spiro atoms. The van der Waals surface area contributed by atoms with E-state index in [1.165, 1.54) is 23.1 Å². The molecule has 0 fully saturated rings. The number of thioether (sulfide) groups is 1. The Morgan fingerprint density at radius 1 is 1.62 bits per heavy atom. The fraction of sp³-hybridized carbons (Fsp3) is 0.375. The summed E-state index contributed by atoms with van der Waals surface area (Å²) in [6.07, 6.45) is 1.60. The second-order valence-electron chi connectivity index (χ2n) is 2.71. The molecule has 16 heavy (non-hydrogen) atoms. The first-order valence-electron chi connectivity index (χ1n) is 4.53. The third-order valence-corrected chi connectivity index (χ3v) is 3.46. The first kappa shape index (κ1) is 12.8. The summed E-state index contributed by atoms with van der Waals surface area (Å²) in [6.45, 7) is 2.26. The molecular formula is C8H12N4O2S2. The van der Waals surface area contributed by atoms with E-state index in [1.807, 2.05) is 0 Å². The van der Waals surface area contributed by atoms with Crippen LogP contribution in [-0.2, 0) is 4.79 Å². The van der Waals surface area contributed by atoms with Gasteiger partial charge in [0, 0.05) is 6.54 Å². The molecule has 1 heterocycles. The van der Waals surface area contributed by atoms with Crippen LogP contribution in [0, 0.1) is 0 Å². The predicted molar refractivity (Wildman–Crippen MR) is 64.5 cm³/mol. The van der Waals surface area contributed by atoms with Crippen LogP contribution in [0.25, 0.3) is 0 Å². The van der Waals surface area contributed by atoms with Crippen molar-refractivity contribution in [3.63, 3.8) is 0 Å². The Balaban J connectivity index is 2.27. The highest BCUT2D eigenvalue weighted by atomic mass is 32.2. The normalized spacial score (nSPS) is 9.81. The van der Waals surface area contributed by atoms with Gasteiger partial charge in [-0.3, -0.25) is 10.1 Å². The van der Waals surface area contributed by atoms with E-state index in [0.29, 0.717) is 11.7 Å². The zero-order chi connectivity index (χ0) is 12.0. The summed E-state index contributed by atoms with van der Waals surface area (Å²) in [5.41, 5.74) is 5.43. The second-order valence-corrected chi connectivity index (χ2v) is 5.05. The number of rotatable bonds is 4. The molecule has 6 nitrogen and oxygen atoms in total. The molecule has 3 amide bonds. The summed E-state index contributed by atoms with van der Waals surface area (Å²) < 4.78 is 0.851. The van der Waals surface area contributed by atoms with Gasteiger partial charge in [0.2, 0.25) is 5.91 Å². The van der Waals surface area contributed by atoms with E-state index >= 15 is 0 Å². The van der Waals surface area contributed by atoms with Crippen LogP contribution in [0.15, 0.2) is 10.4 Å². The van der Waals surface area contributed by atoms with Crippen molar-refractivity contribution in [3.05, 3.63) is 6.20 Å². The molecule has 0 bridgehead atoms. The van der Waals surface area contributed by atoms with Gasteiger partial charge in [-0.15, -0.1) is 11.8 Å². The summed E-state index contributed by atoms with van der Waals surface area (Å²) in [5.74, 6) is -0.179. The van der Waals surface area contributed by atoms with Gasteiger partial charge in [-0.2, -0.15) is 0 Å². The van der Waals surface area contributed by atoms with Crippen molar-refractivity contribution in [1.82, 2.24) is 15.6 Å². The fourth-order valence-electron chi connectivity index (χ4n) is 0.843. The molecule has 0 aliphatic carbocycles. The van der Waals surface area contributed by atoms with Crippen molar-refractivity contribution in [2.45, 2.75) is 11.1 Å². The number of hydrogen-bond acceptors (Lipinski definition) is 6. The maximum absolute atomic E-state index is 11.3. The molecule has 0 aromatic carbocycles. The molecule has 0 saturated carbocycles. The van der Waals surface area contributed by atoms with Crippen molar-refractivity contribution in [2.75, 3.05) is 18.0 Å². The van der Waals surface area contributed by atoms with Crippen LogP contribution < -0.4 is 16.4 Å². The Bertz CT molecular complexity index is 380. The lowest BCUT2D eigenvalue weighted by atomic mass is 10.6. The first-order chi connectivity index (χ1) is 7.61. The molecular weight excluding hydrogens is 248 g/mol. The molecule has 4 N–H and O–H groups in total. The molecule has 1 aromatic heterocycles. The average molecular weight is 260 g/mol. The van der Waals surface area contributed by atoms with E-state index in [0.717, 1.165) is 4.21 Å². The van der Waals surface area contributed by atoms with Crippen LogP contribution in [0.3, 0.4) is 0 Å². The number of carbonyl (C=O) groups is 2. The number of amides is 3. The van der Waals surface area contributed by atoms with E-state index in [9.17, 15) is 9.59 Å². The molecule has 0 unspecified atom stereocenters. The van der Waals surface area contributed by atoms with Crippen LogP contribution in [0.2, 0.25) is 0 Å². The van der Waals surface area contributed by atoms with Crippen molar-refractivity contribution in [1.29, 1.82) is 0 Å². The number of aromatic nitrogens is 1. The van der Waals surface area contributed by atoms with Gasteiger partial charge in [-0.1, -0.05) is 11.3 Å². The highest BCUT2D eigenvalue weighted by molar-refractivity contribution is 8.01. The summed E-state index contributed by atoms with van der Waals surface area (Å²) in [4.78, 5) is 26.1. The SMILES string of the molecule is CCNC(=O)NC(=O)CSc1cnc(N)s1. The molecule has 8 heteroatoms. The maximum Gasteiger partial charge on any atom is 0.321 e. The highest BCUT2D eigenvalue weighted by Crippen LogP contribution is 2.25. The fourth-order valence-corrected chi connectivity index (χ4v) is 2.40. The van der Waals surface area contributed by atoms with Gasteiger partial charge in [0.1, 0.15) is 0 Å². The number of thiazole rings is 1. The highest BCUT2D eigenvalue weighted by Gasteiger charge is 2.08. The average Bonchev–Trinajstić information content (AvgIpc) is 2.61. The number of carbonyl (C=O) groups excluding carboxylic acids is 2. The summed E-state index contributed by atoms with van der Waals surface area (Å²) in [7, 11) is 0. The monoisotopic (exact) mass is 260 g/mol. The van der Waals surface area contributed by atoms with Crippen molar-refractivity contribution in [3.8, 4) is 0 Å². The Labute approximate surface area is 101 Å². The Morgan fingerprint density at radius 2 is 2.38 bits per heavy atom. The minimum atomic E-state index is -0.475. The molecule has 0 atom stereocenters. The molecule has 0 aliphatic rings. The number of anilines is 1. The molecule has 1 rings (SSSR count). The number of imide groups is 1. The molecule has 1 aromatic rings. The second kappa shape index (κ2) is 6.33. The zero-order valence-electron chi connectivity index (χ0n) is 8.65. The smallest absolute Gasteiger partial charge is 0.321 e. The Kier molecular flexibility index (Phi) is 5.06. The number of hydrogen-bond donors (Lipinski definition) is 3. The van der Waals surface area contributed by atoms with Gasteiger partial charge in [0.15, 0.2) is 5.13 Å². The molecule has 0 saturated heterocycles. The quantitative estimate of drug-likeness (QED) is 0.691. The van der Waals surface area contributed by atoms with E-state index in [2.05, 4.69) is 15.6 Å². The first-order valence-corrected chi connectivity index (χ1v) is 6.33. The number of nitrogens with one attached hydrogen (secondary N) is 2. The van der Waals surface area contributed by atoms with Crippen molar-refractivity contribution >= 4 is 40.2 Å². The van der Waals surface area contributed by atoms with Crippen LogP contribution in [-0.4, -0.2) is 29.2 Å². The third kappa shape index (κ3) is 4.49. The maximum atomic E-state index is 11.3. The predicted octanol–water partition coefficient (Wildman–Crippen LogP) is 0.663. The van der Waals surface area contributed by atoms with Crippen molar-refractivity contribution < 1.29 is 9.59 Å². The summed E-state index contributed by atoms with van der Waals surface area (Å²) in [5, 5.41) is 5.13. The minimum absolute atomic E-state index is 0.165. The van der Waals surface area contributed by atoms with Crippen LogP contribution >= 0.6 is 23.1 Å². The van der Waals surface area contributed by atoms with Crippen LogP contribution in [0.4, 0.5) is 9.93 Å².